The van der Waals surface area contributed by atoms with Crippen molar-refractivity contribution in [1.29, 1.82) is 0 Å². The fourth-order valence-electron chi connectivity index (χ4n) is 0.811. The van der Waals surface area contributed by atoms with Crippen molar-refractivity contribution in [3.8, 4) is 0 Å². The minimum absolute atomic E-state index is 0.255. The van der Waals surface area contributed by atoms with Crippen molar-refractivity contribution in [2.45, 2.75) is 13.0 Å². The van der Waals surface area contributed by atoms with Crippen LogP contribution in [0.2, 0.25) is 0 Å². The first kappa shape index (κ1) is 11.6. The molecule has 3 N–H and O–H groups in total. The van der Waals surface area contributed by atoms with E-state index < -0.39 is 0 Å². The summed E-state index contributed by atoms with van der Waals surface area (Å²) < 4.78 is 0. The molecule has 0 aliphatic heterocycles. The lowest BCUT2D eigenvalue weighted by atomic mass is 10.3. The van der Waals surface area contributed by atoms with Crippen molar-refractivity contribution in [3.05, 3.63) is 0 Å². The van der Waals surface area contributed by atoms with Gasteiger partial charge in [0.15, 0.2) is 5.84 Å². The molecule has 0 aliphatic carbocycles. The first-order chi connectivity index (χ1) is 5.61. The maximum absolute atomic E-state index is 8.33. The van der Waals surface area contributed by atoms with E-state index in [1.807, 2.05) is 11.9 Å². The Labute approximate surface area is 77.8 Å². The largest absolute Gasteiger partial charge is 0.409 e. The molecule has 0 fully saturated rings. The molecule has 1 atom stereocenters. The van der Waals surface area contributed by atoms with Gasteiger partial charge in [-0.2, -0.15) is 11.8 Å². The minimum Gasteiger partial charge on any atom is -0.409 e. The fraction of sp³-hybridized carbons (Fsp3) is 0.857. The topological polar surface area (TPSA) is 61.8 Å². The Morgan fingerprint density at radius 1 is 1.75 bits per heavy atom. The molecule has 72 valence electrons. The molecule has 0 amide bonds. The second-order valence-corrected chi connectivity index (χ2v) is 3.72. The van der Waals surface area contributed by atoms with Crippen molar-refractivity contribution in [1.82, 2.24) is 4.90 Å². The van der Waals surface area contributed by atoms with Crippen LogP contribution < -0.4 is 5.73 Å². The first-order valence-corrected chi connectivity index (χ1v) is 5.16. The van der Waals surface area contributed by atoms with Crippen LogP contribution in [0.15, 0.2) is 5.16 Å². The Bertz CT molecular complexity index is 152. The average molecular weight is 191 g/mol. The van der Waals surface area contributed by atoms with Crippen molar-refractivity contribution < 1.29 is 5.21 Å². The Hall–Kier alpha value is -0.420. The maximum atomic E-state index is 8.33. The van der Waals surface area contributed by atoms with Gasteiger partial charge in [0.25, 0.3) is 0 Å². The number of amidine groups is 1. The van der Waals surface area contributed by atoms with Crippen LogP contribution >= 0.6 is 11.8 Å². The van der Waals surface area contributed by atoms with Gasteiger partial charge >= 0.3 is 0 Å². The molecular weight excluding hydrogens is 174 g/mol. The lowest BCUT2D eigenvalue weighted by Crippen LogP contribution is -2.38. The molecule has 0 aliphatic rings. The number of nitrogens with zero attached hydrogens (tertiary/aromatic N) is 2. The second kappa shape index (κ2) is 6.14. The summed E-state index contributed by atoms with van der Waals surface area (Å²) in [5.74, 6) is 1.31. The molecule has 1 unspecified atom stereocenters. The fourth-order valence-corrected chi connectivity index (χ4v) is 1.55. The third-order valence-corrected chi connectivity index (χ3v) is 2.52. The number of rotatable bonds is 5. The van der Waals surface area contributed by atoms with Crippen molar-refractivity contribution >= 4 is 17.6 Å². The van der Waals surface area contributed by atoms with E-state index in [1.54, 1.807) is 11.8 Å². The van der Waals surface area contributed by atoms with E-state index in [0.29, 0.717) is 12.6 Å². The van der Waals surface area contributed by atoms with Gasteiger partial charge in [0.05, 0.1) is 6.54 Å². The molecule has 0 aromatic carbocycles. The van der Waals surface area contributed by atoms with Gasteiger partial charge in [0.2, 0.25) is 0 Å². The Kier molecular flexibility index (Phi) is 5.92. The summed E-state index contributed by atoms with van der Waals surface area (Å²) in [6.45, 7) is 2.62. The van der Waals surface area contributed by atoms with Crippen LogP contribution in [0.4, 0.5) is 0 Å². The molecule has 0 aromatic rings. The molecule has 0 bridgehead atoms. The van der Waals surface area contributed by atoms with Gasteiger partial charge in [-0.3, -0.25) is 4.90 Å². The summed E-state index contributed by atoms with van der Waals surface area (Å²) in [6, 6.07) is 0.445. The van der Waals surface area contributed by atoms with Crippen molar-refractivity contribution in [2.75, 3.05) is 25.6 Å². The molecule has 4 nitrogen and oxygen atoms in total. The van der Waals surface area contributed by atoms with E-state index in [4.69, 9.17) is 10.9 Å². The van der Waals surface area contributed by atoms with E-state index >= 15 is 0 Å². The third-order valence-electron chi connectivity index (χ3n) is 1.70. The third kappa shape index (κ3) is 4.46. The number of nitrogens with two attached hydrogens (primary N) is 1. The van der Waals surface area contributed by atoms with Gasteiger partial charge in [-0.05, 0) is 20.2 Å². The van der Waals surface area contributed by atoms with Crippen molar-refractivity contribution in [2.24, 2.45) is 10.9 Å². The Morgan fingerprint density at radius 2 is 2.33 bits per heavy atom. The van der Waals surface area contributed by atoms with Gasteiger partial charge in [-0.25, -0.2) is 0 Å². The number of hydrogen-bond acceptors (Lipinski definition) is 4. The molecule has 0 saturated carbocycles. The van der Waals surface area contributed by atoms with Crippen molar-refractivity contribution in [3.63, 3.8) is 0 Å². The molecule has 0 spiro atoms. The number of thioether (sulfide) groups is 1. The summed E-state index contributed by atoms with van der Waals surface area (Å²) in [4.78, 5) is 2.05. The van der Waals surface area contributed by atoms with E-state index in [1.165, 1.54) is 0 Å². The van der Waals surface area contributed by atoms with Crippen LogP contribution in [-0.4, -0.2) is 47.6 Å². The van der Waals surface area contributed by atoms with Gasteiger partial charge in [0, 0.05) is 11.8 Å². The molecule has 0 saturated heterocycles. The highest BCUT2D eigenvalue weighted by Gasteiger charge is 2.09. The van der Waals surface area contributed by atoms with Crippen LogP contribution in [0, 0.1) is 0 Å². The average Bonchev–Trinajstić information content (AvgIpc) is 2.04. The highest BCUT2D eigenvalue weighted by Crippen LogP contribution is 2.02. The van der Waals surface area contributed by atoms with E-state index in [-0.39, 0.29) is 5.84 Å². The second-order valence-electron chi connectivity index (χ2n) is 2.81. The molecule has 0 radical (unpaired) electrons. The SMILES string of the molecule is CSCC(C)N(C)CC(N)=NO. The quantitative estimate of drug-likeness (QED) is 0.286. The highest BCUT2D eigenvalue weighted by molar-refractivity contribution is 7.98. The lowest BCUT2D eigenvalue weighted by molar-refractivity contribution is 0.293. The monoisotopic (exact) mass is 191 g/mol. The van der Waals surface area contributed by atoms with Gasteiger partial charge in [-0.1, -0.05) is 5.16 Å². The van der Waals surface area contributed by atoms with E-state index in [9.17, 15) is 0 Å². The summed E-state index contributed by atoms with van der Waals surface area (Å²) in [6.07, 6.45) is 2.06. The normalized spacial score (nSPS) is 15.2. The van der Waals surface area contributed by atoms with Gasteiger partial charge in [-0.15, -0.1) is 0 Å². The smallest absolute Gasteiger partial charge is 0.153 e. The predicted molar refractivity (Wildman–Crippen MR) is 53.9 cm³/mol. The molecule has 5 heteroatoms. The summed E-state index contributed by atoms with van der Waals surface area (Å²) in [7, 11) is 1.96. The van der Waals surface area contributed by atoms with Gasteiger partial charge in [0.1, 0.15) is 0 Å². The first-order valence-electron chi connectivity index (χ1n) is 3.77. The van der Waals surface area contributed by atoms with Crippen LogP contribution in [0.3, 0.4) is 0 Å². The van der Waals surface area contributed by atoms with Crippen LogP contribution in [0.1, 0.15) is 6.92 Å². The maximum Gasteiger partial charge on any atom is 0.153 e. The number of hydrogen-bond donors (Lipinski definition) is 2. The zero-order valence-electron chi connectivity index (χ0n) is 7.82. The predicted octanol–water partition coefficient (Wildman–Crippen LogP) is 0.416. The molecule has 0 rings (SSSR count). The Balaban J connectivity index is 3.77. The molecule has 0 aromatic heterocycles. The zero-order chi connectivity index (χ0) is 9.56. The lowest BCUT2D eigenvalue weighted by Gasteiger charge is -2.22. The summed E-state index contributed by atoms with van der Waals surface area (Å²) in [5.41, 5.74) is 5.36. The van der Waals surface area contributed by atoms with Crippen LogP contribution in [0.5, 0.6) is 0 Å². The minimum atomic E-state index is 0.255. The summed E-state index contributed by atoms with van der Waals surface area (Å²) in [5, 5.41) is 11.2. The molecule has 0 heterocycles. The van der Waals surface area contributed by atoms with Crippen LogP contribution in [-0.2, 0) is 0 Å². The van der Waals surface area contributed by atoms with E-state index in [0.717, 1.165) is 5.75 Å². The summed E-state index contributed by atoms with van der Waals surface area (Å²) >= 11 is 1.79. The number of oxime groups is 1. The Morgan fingerprint density at radius 3 is 2.75 bits per heavy atom. The van der Waals surface area contributed by atoms with E-state index in [2.05, 4.69) is 18.3 Å². The zero-order valence-corrected chi connectivity index (χ0v) is 8.64. The van der Waals surface area contributed by atoms with Crippen LogP contribution in [0.25, 0.3) is 0 Å². The standard InChI is InChI=1S/C7H17N3OS/c1-6(5-12-3)10(2)4-7(8)9-11/h6,11H,4-5H2,1-3H3,(H2,8,9). The molecular formula is C7H17N3OS. The van der Waals surface area contributed by atoms with Gasteiger partial charge < -0.3 is 10.9 Å². The number of likely N-dealkylation sites (N-methyl/N-ethyl adjacent to an activating group) is 1. The molecule has 12 heavy (non-hydrogen) atoms. The highest BCUT2D eigenvalue weighted by atomic mass is 32.2.